The predicted octanol–water partition coefficient (Wildman–Crippen LogP) is 3.78. The van der Waals surface area contributed by atoms with Gasteiger partial charge in [0, 0.05) is 17.1 Å². The molecule has 1 atom stereocenters. The Morgan fingerprint density at radius 2 is 2.09 bits per heavy atom. The lowest BCUT2D eigenvalue weighted by Gasteiger charge is -2.32. The number of thiazole rings is 1. The highest BCUT2D eigenvalue weighted by molar-refractivity contribution is 7.15. The Labute approximate surface area is 197 Å². The largest absolute Gasteiger partial charge is 0.479 e. The predicted molar refractivity (Wildman–Crippen MR) is 126 cm³/mol. The molecule has 166 valence electrons. The maximum Gasteiger partial charge on any atom is 0.268 e. The summed E-state index contributed by atoms with van der Waals surface area (Å²) in [7, 11) is 0. The first-order chi connectivity index (χ1) is 16.0. The fourth-order valence-electron chi connectivity index (χ4n) is 3.39. The zero-order chi connectivity index (χ0) is 22.9. The van der Waals surface area contributed by atoms with Crippen LogP contribution in [0.1, 0.15) is 11.9 Å². The van der Waals surface area contributed by atoms with Crippen LogP contribution >= 0.6 is 22.7 Å². The summed E-state index contributed by atoms with van der Waals surface area (Å²) >= 11 is 2.76. The van der Waals surface area contributed by atoms with E-state index in [9.17, 15) is 9.59 Å². The van der Waals surface area contributed by atoms with E-state index in [0.717, 1.165) is 27.0 Å². The van der Waals surface area contributed by atoms with Crippen molar-refractivity contribution in [2.75, 3.05) is 16.8 Å². The highest BCUT2D eigenvalue weighted by Gasteiger charge is 2.33. The molecule has 1 aliphatic rings. The second kappa shape index (κ2) is 8.68. The third-order valence-corrected chi connectivity index (χ3v) is 6.54. The smallest absolute Gasteiger partial charge is 0.268 e. The molecule has 0 saturated carbocycles. The zero-order valence-corrected chi connectivity index (χ0v) is 19.3. The molecule has 0 radical (unpaired) electrons. The Balaban J connectivity index is 1.43. The summed E-state index contributed by atoms with van der Waals surface area (Å²) in [6.07, 6.45) is 1.03. The van der Waals surface area contributed by atoms with Gasteiger partial charge in [-0.3, -0.25) is 24.8 Å². The van der Waals surface area contributed by atoms with E-state index in [0.29, 0.717) is 16.6 Å². The number of carbonyl (C=O) groups excluding carboxylic acids is 2. The molecule has 11 heteroatoms. The SMILES string of the molecule is Cc1nnc(NC(=O)CN2C(=O)C(C)Oc3ccc(-c4csc(-c5ccccn5)n4)cc32)s1. The van der Waals surface area contributed by atoms with E-state index in [2.05, 4.69) is 20.5 Å². The summed E-state index contributed by atoms with van der Waals surface area (Å²) in [5, 5.41) is 14.4. The standard InChI is InChI=1S/C22H18N6O3S2/c1-12-21(30)28(10-19(29)25-22-27-26-13(2)33-22)17-9-14(6-7-18(17)31-12)16-11-32-20(24-16)15-5-3-4-8-23-15/h3-9,11-12H,10H2,1-2H3,(H,25,27,29). The Hall–Kier alpha value is -3.70. The number of pyridine rings is 1. The van der Waals surface area contributed by atoms with Gasteiger partial charge in [0.25, 0.3) is 5.91 Å². The van der Waals surface area contributed by atoms with E-state index in [1.54, 1.807) is 26.1 Å². The average Bonchev–Trinajstić information content (AvgIpc) is 3.46. The lowest BCUT2D eigenvalue weighted by atomic mass is 10.1. The number of ether oxygens (including phenoxy) is 1. The first kappa shape index (κ1) is 21.2. The van der Waals surface area contributed by atoms with Crippen LogP contribution < -0.4 is 15.0 Å². The fraction of sp³-hybridized carbons (Fsp3) is 0.182. The van der Waals surface area contributed by atoms with Gasteiger partial charge in [0.2, 0.25) is 11.0 Å². The second-order valence-electron chi connectivity index (χ2n) is 7.29. The molecule has 0 aliphatic carbocycles. The second-order valence-corrected chi connectivity index (χ2v) is 9.33. The van der Waals surface area contributed by atoms with Crippen molar-refractivity contribution in [2.45, 2.75) is 20.0 Å². The molecular formula is C22H18N6O3S2. The Bertz CT molecular complexity index is 1340. The molecule has 1 unspecified atom stereocenters. The molecule has 2 amide bonds. The van der Waals surface area contributed by atoms with Crippen molar-refractivity contribution >= 4 is 45.3 Å². The lowest BCUT2D eigenvalue weighted by Crippen LogP contribution is -2.47. The Morgan fingerprint density at radius 3 is 2.85 bits per heavy atom. The van der Waals surface area contributed by atoms with Crippen molar-refractivity contribution in [1.82, 2.24) is 20.2 Å². The quantitative estimate of drug-likeness (QED) is 0.465. The van der Waals surface area contributed by atoms with Crippen LogP contribution in [0.25, 0.3) is 22.0 Å². The molecular weight excluding hydrogens is 460 g/mol. The van der Waals surface area contributed by atoms with Crippen LogP contribution in [0.3, 0.4) is 0 Å². The number of benzene rings is 1. The summed E-state index contributed by atoms with van der Waals surface area (Å²) in [5.74, 6) is -0.127. The summed E-state index contributed by atoms with van der Waals surface area (Å²) in [6.45, 7) is 3.30. The average molecular weight is 479 g/mol. The van der Waals surface area contributed by atoms with Crippen LogP contribution in [0.4, 0.5) is 10.8 Å². The molecule has 5 rings (SSSR count). The summed E-state index contributed by atoms with van der Waals surface area (Å²) in [6, 6.07) is 11.2. The minimum Gasteiger partial charge on any atom is -0.479 e. The molecule has 33 heavy (non-hydrogen) atoms. The minimum atomic E-state index is -0.699. The van der Waals surface area contributed by atoms with E-state index in [1.807, 2.05) is 35.7 Å². The monoisotopic (exact) mass is 478 g/mol. The first-order valence-electron chi connectivity index (χ1n) is 10.1. The summed E-state index contributed by atoms with van der Waals surface area (Å²) in [5.41, 5.74) is 2.88. The zero-order valence-electron chi connectivity index (χ0n) is 17.7. The van der Waals surface area contributed by atoms with Crippen molar-refractivity contribution in [1.29, 1.82) is 0 Å². The number of anilines is 2. The number of nitrogens with zero attached hydrogens (tertiary/aromatic N) is 5. The van der Waals surface area contributed by atoms with Crippen molar-refractivity contribution < 1.29 is 14.3 Å². The van der Waals surface area contributed by atoms with Gasteiger partial charge >= 0.3 is 0 Å². The van der Waals surface area contributed by atoms with E-state index in [1.165, 1.54) is 27.6 Å². The van der Waals surface area contributed by atoms with Crippen molar-refractivity contribution in [3.05, 3.63) is 53.0 Å². The van der Waals surface area contributed by atoms with E-state index >= 15 is 0 Å². The van der Waals surface area contributed by atoms with Gasteiger partial charge in [0.05, 0.1) is 17.1 Å². The molecule has 3 aromatic heterocycles. The van der Waals surface area contributed by atoms with Gasteiger partial charge in [-0.2, -0.15) is 0 Å². The van der Waals surface area contributed by atoms with Crippen LogP contribution in [0, 0.1) is 6.92 Å². The molecule has 1 N–H and O–H groups in total. The molecule has 4 heterocycles. The molecule has 0 bridgehead atoms. The van der Waals surface area contributed by atoms with Crippen LogP contribution in [0.5, 0.6) is 5.75 Å². The van der Waals surface area contributed by atoms with Crippen LogP contribution in [-0.4, -0.2) is 44.6 Å². The summed E-state index contributed by atoms with van der Waals surface area (Å²) < 4.78 is 5.77. The lowest BCUT2D eigenvalue weighted by molar-refractivity contribution is -0.127. The number of aromatic nitrogens is 4. The van der Waals surface area contributed by atoms with Crippen molar-refractivity contribution in [2.24, 2.45) is 0 Å². The number of nitrogens with one attached hydrogen (secondary N) is 1. The molecule has 0 spiro atoms. The number of rotatable bonds is 5. The molecule has 1 aliphatic heterocycles. The summed E-state index contributed by atoms with van der Waals surface area (Å²) in [4.78, 5) is 36.0. The highest BCUT2D eigenvalue weighted by atomic mass is 32.1. The van der Waals surface area contributed by atoms with Gasteiger partial charge < -0.3 is 4.74 Å². The third kappa shape index (κ3) is 4.32. The molecule has 0 saturated heterocycles. The van der Waals surface area contributed by atoms with Gasteiger partial charge in [-0.15, -0.1) is 21.5 Å². The van der Waals surface area contributed by atoms with Gasteiger partial charge in [0.15, 0.2) is 6.10 Å². The maximum atomic E-state index is 12.9. The number of amides is 2. The number of carbonyl (C=O) groups is 2. The first-order valence-corrected chi connectivity index (χ1v) is 11.8. The normalized spacial score (nSPS) is 15.2. The van der Waals surface area contributed by atoms with Crippen LogP contribution in [0.15, 0.2) is 48.0 Å². The maximum absolute atomic E-state index is 12.9. The molecule has 4 aromatic rings. The van der Waals surface area contributed by atoms with Crippen molar-refractivity contribution in [3.8, 4) is 27.7 Å². The van der Waals surface area contributed by atoms with Crippen LogP contribution in [-0.2, 0) is 9.59 Å². The van der Waals surface area contributed by atoms with Crippen LogP contribution in [0.2, 0.25) is 0 Å². The van der Waals surface area contributed by atoms with E-state index < -0.39 is 6.10 Å². The number of hydrogen-bond acceptors (Lipinski definition) is 9. The third-order valence-electron chi connectivity index (χ3n) is 4.93. The van der Waals surface area contributed by atoms with Gasteiger partial charge in [0.1, 0.15) is 22.3 Å². The number of hydrogen-bond donors (Lipinski definition) is 1. The van der Waals surface area contributed by atoms with E-state index in [-0.39, 0.29) is 18.4 Å². The van der Waals surface area contributed by atoms with E-state index in [4.69, 9.17) is 9.72 Å². The van der Waals surface area contributed by atoms with Gasteiger partial charge in [-0.1, -0.05) is 17.4 Å². The van der Waals surface area contributed by atoms with Gasteiger partial charge in [-0.05, 0) is 44.2 Å². The number of fused-ring (bicyclic) bond motifs is 1. The Morgan fingerprint density at radius 1 is 1.21 bits per heavy atom. The molecule has 1 aromatic carbocycles. The Kier molecular flexibility index (Phi) is 5.56. The minimum absolute atomic E-state index is 0.169. The molecule has 9 nitrogen and oxygen atoms in total. The highest BCUT2D eigenvalue weighted by Crippen LogP contribution is 2.38. The van der Waals surface area contributed by atoms with Crippen molar-refractivity contribution in [3.63, 3.8) is 0 Å². The number of aryl methyl sites for hydroxylation is 1. The molecule has 0 fully saturated rings. The fourth-order valence-corrected chi connectivity index (χ4v) is 4.80. The topological polar surface area (TPSA) is 110 Å². The van der Waals surface area contributed by atoms with Gasteiger partial charge in [-0.25, -0.2) is 4.98 Å².